The van der Waals surface area contributed by atoms with Crippen molar-refractivity contribution in [3.05, 3.63) is 60.2 Å². The Bertz CT molecular complexity index is 1000. The number of alkyl halides is 3. The van der Waals surface area contributed by atoms with E-state index in [1.165, 1.54) is 6.07 Å². The van der Waals surface area contributed by atoms with Crippen molar-refractivity contribution in [3.63, 3.8) is 0 Å². The summed E-state index contributed by atoms with van der Waals surface area (Å²) < 4.78 is 38.8. The first kappa shape index (κ1) is 20.4. The summed E-state index contributed by atoms with van der Waals surface area (Å²) in [5.41, 5.74) is -0.568. The second-order valence-electron chi connectivity index (χ2n) is 5.92. The van der Waals surface area contributed by atoms with Gasteiger partial charge in [-0.1, -0.05) is 36.0 Å². The number of nitrogens with zero attached hydrogens (tertiary/aromatic N) is 3. The van der Waals surface area contributed by atoms with E-state index < -0.39 is 28.8 Å². The Morgan fingerprint density at radius 2 is 1.90 bits per heavy atom. The van der Waals surface area contributed by atoms with Gasteiger partial charge in [0.1, 0.15) is 5.25 Å². The number of nitriles is 1. The molecule has 1 N–H and O–H groups in total. The lowest BCUT2D eigenvalue weighted by Gasteiger charge is -2.17. The molecule has 1 saturated heterocycles. The maximum absolute atomic E-state index is 12.9. The van der Waals surface area contributed by atoms with Crippen LogP contribution >= 0.6 is 11.8 Å². The molecule has 0 bridgehead atoms. The number of anilines is 1. The predicted octanol–water partition coefficient (Wildman–Crippen LogP) is 3.83. The van der Waals surface area contributed by atoms with Crippen molar-refractivity contribution in [2.75, 3.05) is 4.90 Å². The quantitative estimate of drug-likeness (QED) is 0.269. The minimum absolute atomic E-state index is 0.107. The highest BCUT2D eigenvalue weighted by atomic mass is 32.2. The van der Waals surface area contributed by atoms with Gasteiger partial charge in [-0.15, -0.1) is 0 Å². The molecule has 10 heteroatoms. The number of carbonyl (C=O) groups excluding carboxylic acids is 2. The van der Waals surface area contributed by atoms with E-state index in [2.05, 4.69) is 10.3 Å². The van der Waals surface area contributed by atoms with Gasteiger partial charge in [-0.2, -0.15) is 18.4 Å². The zero-order valence-electron chi connectivity index (χ0n) is 14.7. The fourth-order valence-corrected chi connectivity index (χ4v) is 3.64. The van der Waals surface area contributed by atoms with Crippen molar-refractivity contribution < 1.29 is 22.8 Å². The average Bonchev–Trinajstić information content (AvgIpc) is 2.95. The maximum Gasteiger partial charge on any atom is 0.416 e. The van der Waals surface area contributed by atoms with Crippen LogP contribution in [0.3, 0.4) is 0 Å². The lowest BCUT2D eigenvalue weighted by molar-refractivity contribution is -0.137. The lowest BCUT2D eigenvalue weighted by Crippen LogP contribution is -2.32. The fourth-order valence-electron chi connectivity index (χ4n) is 2.67. The van der Waals surface area contributed by atoms with Gasteiger partial charge in [0.25, 0.3) is 0 Å². The van der Waals surface area contributed by atoms with Crippen molar-refractivity contribution in [3.8, 4) is 6.19 Å². The van der Waals surface area contributed by atoms with E-state index in [0.29, 0.717) is 5.69 Å². The van der Waals surface area contributed by atoms with Crippen molar-refractivity contribution in [2.24, 2.45) is 4.99 Å². The third-order valence-electron chi connectivity index (χ3n) is 3.94. The second-order valence-corrected chi connectivity index (χ2v) is 7.11. The van der Waals surface area contributed by atoms with Crippen LogP contribution in [0.15, 0.2) is 59.6 Å². The van der Waals surface area contributed by atoms with Gasteiger partial charge in [-0.3, -0.25) is 14.9 Å². The van der Waals surface area contributed by atoms with Crippen LogP contribution in [-0.2, 0) is 15.8 Å². The van der Waals surface area contributed by atoms with Crippen LogP contribution in [-0.4, -0.2) is 22.2 Å². The number of thioether (sulfide) groups is 1. The summed E-state index contributed by atoms with van der Waals surface area (Å²) in [5, 5.41) is 10.5. The summed E-state index contributed by atoms with van der Waals surface area (Å²) >= 11 is 0.874. The first-order valence-corrected chi connectivity index (χ1v) is 9.17. The molecule has 1 heterocycles. The molecule has 0 radical (unpaired) electrons. The molecule has 148 valence electrons. The Labute approximate surface area is 168 Å². The summed E-state index contributed by atoms with van der Waals surface area (Å²) in [6.07, 6.45) is -3.10. The molecule has 1 fully saturated rings. The van der Waals surface area contributed by atoms with Crippen LogP contribution in [0, 0.1) is 11.5 Å². The molecule has 0 spiro atoms. The molecule has 2 aromatic rings. The number of benzene rings is 2. The van der Waals surface area contributed by atoms with Gasteiger partial charge in [0, 0.05) is 6.42 Å². The van der Waals surface area contributed by atoms with Crippen LogP contribution in [0.25, 0.3) is 0 Å². The molecular formula is C19H13F3N4O2S. The molecular weight excluding hydrogens is 405 g/mol. The molecule has 29 heavy (non-hydrogen) atoms. The molecule has 0 aliphatic carbocycles. The Balaban J connectivity index is 1.83. The Morgan fingerprint density at radius 1 is 1.17 bits per heavy atom. The fraction of sp³-hybridized carbons (Fsp3) is 0.158. The van der Waals surface area contributed by atoms with Crippen LogP contribution in [0.5, 0.6) is 0 Å². The van der Waals surface area contributed by atoms with E-state index in [-0.39, 0.29) is 17.3 Å². The topological polar surface area (TPSA) is 85.6 Å². The first-order chi connectivity index (χ1) is 13.8. The predicted molar refractivity (Wildman–Crippen MR) is 102 cm³/mol. The molecule has 3 rings (SSSR count). The van der Waals surface area contributed by atoms with E-state index in [9.17, 15) is 22.8 Å². The summed E-state index contributed by atoms with van der Waals surface area (Å²) in [6.45, 7) is 0. The van der Waals surface area contributed by atoms with Gasteiger partial charge in [0.05, 0.1) is 16.9 Å². The van der Waals surface area contributed by atoms with Crippen LogP contribution < -0.4 is 10.2 Å². The average molecular weight is 418 g/mol. The number of rotatable bonds is 3. The van der Waals surface area contributed by atoms with E-state index in [1.807, 2.05) is 0 Å². The van der Waals surface area contributed by atoms with Gasteiger partial charge < -0.3 is 0 Å². The summed E-state index contributed by atoms with van der Waals surface area (Å²) in [6, 6.07) is 12.7. The van der Waals surface area contributed by atoms with E-state index >= 15 is 0 Å². The SMILES string of the molecule is N#CNC(=Nc1ccccc1)SC1CC(=O)N(c2cccc(C(F)(F)F)c2)C1=O. The van der Waals surface area contributed by atoms with Crippen molar-refractivity contribution in [1.82, 2.24) is 5.32 Å². The summed E-state index contributed by atoms with van der Waals surface area (Å²) in [7, 11) is 0. The zero-order valence-corrected chi connectivity index (χ0v) is 15.5. The van der Waals surface area contributed by atoms with Gasteiger partial charge in [-0.05, 0) is 30.3 Å². The number of imide groups is 1. The number of halogens is 3. The monoisotopic (exact) mass is 418 g/mol. The summed E-state index contributed by atoms with van der Waals surface area (Å²) in [4.78, 5) is 30.0. The van der Waals surface area contributed by atoms with Gasteiger partial charge >= 0.3 is 6.18 Å². The van der Waals surface area contributed by atoms with Crippen LogP contribution in [0.4, 0.5) is 24.5 Å². The van der Waals surface area contributed by atoms with E-state index in [4.69, 9.17) is 5.26 Å². The molecule has 1 atom stereocenters. The number of para-hydroxylation sites is 1. The van der Waals surface area contributed by atoms with E-state index in [1.54, 1.807) is 36.5 Å². The van der Waals surface area contributed by atoms with Crippen LogP contribution in [0.2, 0.25) is 0 Å². The van der Waals surface area contributed by atoms with Crippen molar-refractivity contribution >= 4 is 40.1 Å². The number of amides is 2. The van der Waals surface area contributed by atoms with Gasteiger partial charge in [-0.25, -0.2) is 9.89 Å². The second kappa shape index (κ2) is 8.36. The number of aliphatic imine (C=N–C) groups is 1. The first-order valence-electron chi connectivity index (χ1n) is 8.29. The van der Waals surface area contributed by atoms with Gasteiger partial charge in [0.15, 0.2) is 11.4 Å². The van der Waals surface area contributed by atoms with Gasteiger partial charge in [0.2, 0.25) is 11.8 Å². The van der Waals surface area contributed by atoms with Crippen molar-refractivity contribution in [2.45, 2.75) is 17.8 Å². The van der Waals surface area contributed by atoms with E-state index in [0.717, 1.165) is 34.9 Å². The standard InChI is InChI=1S/C19H13F3N4O2S/c20-19(21,22)12-5-4-8-14(9-12)26-16(27)10-15(17(26)28)29-18(24-11-23)25-13-6-2-1-3-7-13/h1-9,15H,10H2,(H,24,25). The molecule has 6 nitrogen and oxygen atoms in total. The Morgan fingerprint density at radius 3 is 2.55 bits per heavy atom. The third kappa shape index (κ3) is 4.75. The Hall–Kier alpha value is -3.32. The minimum atomic E-state index is -4.60. The highest BCUT2D eigenvalue weighted by Crippen LogP contribution is 2.35. The summed E-state index contributed by atoms with van der Waals surface area (Å²) in [5.74, 6) is -1.29. The molecule has 1 unspecified atom stereocenters. The maximum atomic E-state index is 12.9. The molecule has 0 saturated carbocycles. The minimum Gasteiger partial charge on any atom is -0.274 e. The molecule has 1 aliphatic rings. The largest absolute Gasteiger partial charge is 0.416 e. The normalized spacial score (nSPS) is 17.4. The number of amidine groups is 1. The van der Waals surface area contributed by atoms with Crippen LogP contribution in [0.1, 0.15) is 12.0 Å². The van der Waals surface area contributed by atoms with Crippen molar-refractivity contribution in [1.29, 1.82) is 5.26 Å². The number of carbonyl (C=O) groups is 2. The molecule has 1 aliphatic heterocycles. The molecule has 2 aromatic carbocycles. The Kier molecular flexibility index (Phi) is 5.89. The third-order valence-corrected chi connectivity index (χ3v) is 5.01. The smallest absolute Gasteiger partial charge is 0.274 e. The number of hydrogen-bond acceptors (Lipinski definition) is 5. The molecule has 2 amide bonds. The highest BCUT2D eigenvalue weighted by molar-refractivity contribution is 8.15. The zero-order chi connectivity index (χ0) is 21.0. The lowest BCUT2D eigenvalue weighted by atomic mass is 10.2. The molecule has 0 aromatic heterocycles. The number of nitrogens with one attached hydrogen (secondary N) is 1. The highest BCUT2D eigenvalue weighted by Gasteiger charge is 2.41. The number of hydrogen-bond donors (Lipinski definition) is 1.